The third-order valence-corrected chi connectivity index (χ3v) is 4.87. The minimum Gasteiger partial charge on any atom is -0.497 e. The van der Waals surface area contributed by atoms with E-state index < -0.39 is 0 Å². The maximum atomic E-state index is 13.2. The number of para-hydroxylation sites is 1. The Morgan fingerprint density at radius 1 is 1.15 bits per heavy atom. The molecule has 138 valence electrons. The van der Waals surface area contributed by atoms with E-state index in [-0.39, 0.29) is 5.91 Å². The minimum atomic E-state index is -0.0333. The van der Waals surface area contributed by atoms with E-state index in [0.29, 0.717) is 18.2 Å². The Bertz CT molecular complexity index is 928. The van der Waals surface area contributed by atoms with Crippen LogP contribution < -0.4 is 4.74 Å². The summed E-state index contributed by atoms with van der Waals surface area (Å²) in [5, 5.41) is 4.73. The SMILES string of the molecule is COc1ccc(CN(C)C(=O)c2cc(C3CC3)nn2-c2ccccc2)cc1. The summed E-state index contributed by atoms with van der Waals surface area (Å²) in [6, 6.07) is 19.6. The van der Waals surface area contributed by atoms with E-state index in [0.717, 1.165) is 35.5 Å². The molecule has 0 spiro atoms. The van der Waals surface area contributed by atoms with Gasteiger partial charge in [0.1, 0.15) is 11.4 Å². The van der Waals surface area contributed by atoms with Gasteiger partial charge in [-0.1, -0.05) is 30.3 Å². The molecule has 1 aliphatic carbocycles. The van der Waals surface area contributed by atoms with Gasteiger partial charge in [0.05, 0.1) is 18.5 Å². The van der Waals surface area contributed by atoms with Gasteiger partial charge in [-0.3, -0.25) is 4.79 Å². The van der Waals surface area contributed by atoms with Crippen LogP contribution in [0.25, 0.3) is 5.69 Å². The highest BCUT2D eigenvalue weighted by atomic mass is 16.5. The van der Waals surface area contributed by atoms with Gasteiger partial charge < -0.3 is 9.64 Å². The van der Waals surface area contributed by atoms with E-state index in [2.05, 4.69) is 0 Å². The first-order valence-corrected chi connectivity index (χ1v) is 9.19. The Kier molecular flexibility index (Phi) is 4.67. The second kappa shape index (κ2) is 7.27. The summed E-state index contributed by atoms with van der Waals surface area (Å²) in [6.45, 7) is 0.529. The van der Waals surface area contributed by atoms with Crippen molar-refractivity contribution in [1.82, 2.24) is 14.7 Å². The standard InChI is InChI=1S/C22H23N3O2/c1-24(15-16-8-12-19(27-2)13-9-16)22(26)21-14-20(17-10-11-17)23-25(21)18-6-4-3-5-7-18/h3-9,12-14,17H,10-11,15H2,1-2H3. The van der Waals surface area contributed by atoms with Crippen LogP contribution in [-0.4, -0.2) is 34.7 Å². The minimum absolute atomic E-state index is 0.0333. The predicted molar refractivity (Wildman–Crippen MR) is 104 cm³/mol. The summed E-state index contributed by atoms with van der Waals surface area (Å²) in [7, 11) is 3.47. The van der Waals surface area contributed by atoms with Crippen molar-refractivity contribution >= 4 is 5.91 Å². The maximum Gasteiger partial charge on any atom is 0.272 e. The number of rotatable bonds is 6. The molecule has 0 atom stereocenters. The molecule has 4 rings (SSSR count). The van der Waals surface area contributed by atoms with Crippen LogP contribution in [0.3, 0.4) is 0 Å². The van der Waals surface area contributed by atoms with Gasteiger partial charge in [0.25, 0.3) is 5.91 Å². The lowest BCUT2D eigenvalue weighted by Crippen LogP contribution is -2.28. The molecule has 0 bridgehead atoms. The Hall–Kier alpha value is -3.08. The van der Waals surface area contributed by atoms with Gasteiger partial charge in [0.15, 0.2) is 0 Å². The van der Waals surface area contributed by atoms with Crippen molar-refractivity contribution in [3.05, 3.63) is 77.6 Å². The fraction of sp³-hybridized carbons (Fsp3) is 0.273. The monoisotopic (exact) mass is 361 g/mol. The molecule has 1 saturated carbocycles. The largest absolute Gasteiger partial charge is 0.497 e. The second-order valence-electron chi connectivity index (χ2n) is 6.99. The van der Waals surface area contributed by atoms with E-state index in [9.17, 15) is 4.79 Å². The van der Waals surface area contributed by atoms with E-state index in [1.165, 1.54) is 0 Å². The van der Waals surface area contributed by atoms with Gasteiger partial charge in [0, 0.05) is 19.5 Å². The number of nitrogens with zero attached hydrogens (tertiary/aromatic N) is 3. The number of ether oxygens (including phenoxy) is 1. The molecular formula is C22H23N3O2. The highest BCUT2D eigenvalue weighted by Gasteiger charge is 2.29. The van der Waals surface area contributed by atoms with Crippen LogP contribution in [0.2, 0.25) is 0 Å². The van der Waals surface area contributed by atoms with E-state index in [1.807, 2.05) is 67.7 Å². The molecular weight excluding hydrogens is 338 g/mol. The van der Waals surface area contributed by atoms with Gasteiger partial charge in [-0.2, -0.15) is 5.10 Å². The number of amides is 1. The first kappa shape index (κ1) is 17.3. The van der Waals surface area contributed by atoms with Crippen molar-refractivity contribution in [3.8, 4) is 11.4 Å². The lowest BCUT2D eigenvalue weighted by Gasteiger charge is -2.18. The molecule has 1 amide bonds. The molecule has 0 aliphatic heterocycles. The highest BCUT2D eigenvalue weighted by molar-refractivity contribution is 5.93. The summed E-state index contributed by atoms with van der Waals surface area (Å²) in [5.74, 6) is 1.27. The lowest BCUT2D eigenvalue weighted by atomic mass is 10.2. The summed E-state index contributed by atoms with van der Waals surface area (Å²) in [4.78, 5) is 14.9. The zero-order valence-electron chi connectivity index (χ0n) is 15.6. The fourth-order valence-electron chi connectivity index (χ4n) is 3.17. The third kappa shape index (κ3) is 3.72. The van der Waals surface area contributed by atoms with Crippen LogP contribution in [0.4, 0.5) is 0 Å². The Labute approximate surface area is 159 Å². The van der Waals surface area contributed by atoms with Gasteiger partial charge in [-0.05, 0) is 48.7 Å². The molecule has 3 aromatic rings. The first-order valence-electron chi connectivity index (χ1n) is 9.19. The number of aromatic nitrogens is 2. The Morgan fingerprint density at radius 3 is 2.48 bits per heavy atom. The molecule has 1 heterocycles. The maximum absolute atomic E-state index is 13.2. The van der Waals surface area contributed by atoms with Crippen LogP contribution in [-0.2, 0) is 6.54 Å². The number of carbonyl (C=O) groups excluding carboxylic acids is 1. The zero-order valence-corrected chi connectivity index (χ0v) is 15.6. The quantitative estimate of drug-likeness (QED) is 0.666. The first-order chi connectivity index (χ1) is 13.2. The molecule has 1 aliphatic rings. The average Bonchev–Trinajstić information content (AvgIpc) is 3.47. The van der Waals surface area contributed by atoms with Crippen molar-refractivity contribution in [2.75, 3.05) is 14.2 Å². The summed E-state index contributed by atoms with van der Waals surface area (Å²) in [6.07, 6.45) is 2.31. The van der Waals surface area contributed by atoms with E-state index in [1.54, 1.807) is 16.7 Å². The fourth-order valence-corrected chi connectivity index (χ4v) is 3.17. The second-order valence-corrected chi connectivity index (χ2v) is 6.99. The van der Waals surface area contributed by atoms with E-state index in [4.69, 9.17) is 9.84 Å². The van der Waals surface area contributed by atoms with Crippen molar-refractivity contribution in [1.29, 1.82) is 0 Å². The number of hydrogen-bond donors (Lipinski definition) is 0. The van der Waals surface area contributed by atoms with Gasteiger partial charge in [-0.15, -0.1) is 0 Å². The number of methoxy groups -OCH3 is 1. The van der Waals surface area contributed by atoms with Crippen LogP contribution >= 0.6 is 0 Å². The van der Waals surface area contributed by atoms with Crippen LogP contribution in [0.15, 0.2) is 60.7 Å². The van der Waals surface area contributed by atoms with Gasteiger partial charge in [0.2, 0.25) is 0 Å². The molecule has 2 aromatic carbocycles. The van der Waals surface area contributed by atoms with Crippen LogP contribution in [0.5, 0.6) is 5.75 Å². The number of benzene rings is 2. The van der Waals surface area contributed by atoms with Crippen molar-refractivity contribution in [2.24, 2.45) is 0 Å². The van der Waals surface area contributed by atoms with Crippen molar-refractivity contribution in [2.45, 2.75) is 25.3 Å². The molecule has 1 fully saturated rings. The van der Waals surface area contributed by atoms with Crippen molar-refractivity contribution < 1.29 is 9.53 Å². The Balaban J connectivity index is 1.60. The van der Waals surface area contributed by atoms with Crippen LogP contribution in [0, 0.1) is 0 Å². The highest BCUT2D eigenvalue weighted by Crippen LogP contribution is 2.39. The molecule has 5 nitrogen and oxygen atoms in total. The Morgan fingerprint density at radius 2 is 1.85 bits per heavy atom. The lowest BCUT2D eigenvalue weighted by molar-refractivity contribution is 0.0776. The predicted octanol–water partition coefficient (Wildman–Crippen LogP) is 4.03. The van der Waals surface area contributed by atoms with Gasteiger partial charge in [-0.25, -0.2) is 4.68 Å². The molecule has 0 radical (unpaired) electrons. The molecule has 0 saturated heterocycles. The number of carbonyl (C=O) groups is 1. The number of hydrogen-bond acceptors (Lipinski definition) is 3. The molecule has 27 heavy (non-hydrogen) atoms. The summed E-state index contributed by atoms with van der Waals surface area (Å²) >= 11 is 0. The topological polar surface area (TPSA) is 47.4 Å². The third-order valence-electron chi connectivity index (χ3n) is 4.87. The average molecular weight is 361 g/mol. The smallest absolute Gasteiger partial charge is 0.272 e. The van der Waals surface area contributed by atoms with E-state index >= 15 is 0 Å². The van der Waals surface area contributed by atoms with Gasteiger partial charge >= 0.3 is 0 Å². The normalized spacial score (nSPS) is 13.4. The summed E-state index contributed by atoms with van der Waals surface area (Å²) < 4.78 is 6.97. The molecule has 0 N–H and O–H groups in total. The molecule has 1 aromatic heterocycles. The zero-order chi connectivity index (χ0) is 18.8. The molecule has 0 unspecified atom stereocenters. The molecule has 5 heteroatoms. The summed E-state index contributed by atoms with van der Waals surface area (Å²) in [5.41, 5.74) is 3.59. The van der Waals surface area contributed by atoms with Crippen molar-refractivity contribution in [3.63, 3.8) is 0 Å². The van der Waals surface area contributed by atoms with Crippen LogP contribution in [0.1, 0.15) is 40.5 Å².